The lowest BCUT2D eigenvalue weighted by Gasteiger charge is -2.45. The highest BCUT2D eigenvalue weighted by Gasteiger charge is 2.52. The van der Waals surface area contributed by atoms with Gasteiger partial charge in [-0.15, -0.1) is 0 Å². The topological polar surface area (TPSA) is 46.8 Å². The Morgan fingerprint density at radius 3 is 0.853 bits per heavy atom. The van der Waals surface area contributed by atoms with Crippen molar-refractivity contribution in [3.8, 4) is 68.5 Å². The normalized spacial score (nSPS) is 13.8. The zero-order valence-corrected chi connectivity index (χ0v) is 54.2. The van der Waals surface area contributed by atoms with Crippen LogP contribution >= 0.6 is 31.9 Å². The minimum Gasteiger partial charge on any atom is -0.457 e. The van der Waals surface area contributed by atoms with Crippen LogP contribution in [0.3, 0.4) is 0 Å². The summed E-state index contributed by atoms with van der Waals surface area (Å²) in [6.07, 6.45) is 1.10. The smallest absolute Gasteiger partial charge is 0.132 e. The van der Waals surface area contributed by atoms with Crippen LogP contribution in [0.1, 0.15) is 55.6 Å². The zero-order chi connectivity index (χ0) is 62.9. The van der Waals surface area contributed by atoms with Crippen molar-refractivity contribution in [2.75, 3.05) is 0 Å². The summed E-state index contributed by atoms with van der Waals surface area (Å²) in [6, 6.07) is 111. The quantitative estimate of drug-likeness (QED) is 0.173. The third-order valence-corrected chi connectivity index (χ3v) is 20.8. The van der Waals surface area contributed by atoms with E-state index in [2.05, 4.69) is 308 Å². The average Bonchev–Trinajstić information content (AvgIpc) is 1.35. The molecule has 0 radical (unpaired) electrons. The molecule has 0 atom stereocenters. The molecule has 2 aromatic heterocycles. The molecular formula is C87H54Br2N2O4. The molecule has 14 aromatic carbocycles. The summed E-state index contributed by atoms with van der Waals surface area (Å²) in [5, 5.41) is 4.92. The Kier molecular flexibility index (Phi) is 12.7. The molecule has 4 aliphatic heterocycles. The summed E-state index contributed by atoms with van der Waals surface area (Å²) >= 11 is 7.36. The van der Waals surface area contributed by atoms with Gasteiger partial charge in [-0.3, -0.25) is 0 Å². The molecule has 6 heterocycles. The largest absolute Gasteiger partial charge is 0.457 e. The highest BCUT2D eigenvalue weighted by atomic mass is 79.9. The number of ether oxygens (including phenoxy) is 4. The Morgan fingerprint density at radius 1 is 0.242 bits per heavy atom. The first-order chi connectivity index (χ1) is 46.9. The van der Waals surface area contributed by atoms with Crippen molar-refractivity contribution in [3.05, 3.63) is 380 Å². The van der Waals surface area contributed by atoms with Crippen LogP contribution in [0.15, 0.2) is 324 Å². The Hall–Kier alpha value is -11.2. The van der Waals surface area contributed by atoms with Crippen molar-refractivity contribution < 1.29 is 18.9 Å². The lowest BCUT2D eigenvalue weighted by Crippen LogP contribution is -2.37. The summed E-state index contributed by atoms with van der Waals surface area (Å²) in [4.78, 5) is 0. The van der Waals surface area contributed by atoms with E-state index in [0.29, 0.717) is 0 Å². The first-order valence-corrected chi connectivity index (χ1v) is 33.6. The van der Waals surface area contributed by atoms with Gasteiger partial charge in [0.05, 0.1) is 32.9 Å². The molecule has 0 bridgehead atoms. The van der Waals surface area contributed by atoms with E-state index >= 15 is 0 Å². The highest BCUT2D eigenvalue weighted by Crippen LogP contribution is 2.64. The molecule has 6 nitrogen and oxygen atoms in total. The van der Waals surface area contributed by atoms with Crippen LogP contribution in [0.25, 0.3) is 66.1 Å². The van der Waals surface area contributed by atoms with Crippen molar-refractivity contribution in [2.24, 2.45) is 0 Å². The van der Waals surface area contributed by atoms with Crippen molar-refractivity contribution in [2.45, 2.75) is 17.3 Å². The third kappa shape index (κ3) is 8.34. The minimum absolute atomic E-state index is 0.540. The SMILES string of the molecule is Brc1ccc2c(c1)C1(c3ccccc3Oc3ccccc31)c1cc(Br)ccc1O2.c1ccc2c(c1)Cc1ccccc1-2.c1ccc2c(c1)Oc1ccccc1C21c2cc(-n3c4ccccc4c4ccccc43)ccc2Oc2ccc(-n3c4ccccc4c4ccccc43)cc21. The fraction of sp³-hybridized carbons (Fsp3) is 0.0345. The molecule has 0 fully saturated rings. The fourth-order valence-corrected chi connectivity index (χ4v) is 16.7. The molecule has 16 aromatic rings. The Labute approximate surface area is 565 Å². The van der Waals surface area contributed by atoms with Crippen LogP contribution in [-0.4, -0.2) is 9.13 Å². The summed E-state index contributed by atoms with van der Waals surface area (Å²) < 4.78 is 33.2. The van der Waals surface area contributed by atoms with Crippen LogP contribution in [0.5, 0.6) is 46.0 Å². The van der Waals surface area contributed by atoms with Gasteiger partial charge in [0.2, 0.25) is 0 Å². The van der Waals surface area contributed by atoms with Crippen LogP contribution in [0.2, 0.25) is 0 Å². The zero-order valence-electron chi connectivity index (χ0n) is 51.0. The van der Waals surface area contributed by atoms with Gasteiger partial charge in [-0.1, -0.05) is 226 Å². The molecule has 21 rings (SSSR count). The molecule has 8 heteroatoms. The van der Waals surface area contributed by atoms with E-state index in [4.69, 9.17) is 18.9 Å². The number of para-hydroxylation sites is 8. The fourth-order valence-electron chi connectivity index (χ4n) is 16.0. The van der Waals surface area contributed by atoms with Gasteiger partial charge in [0.15, 0.2) is 0 Å². The minimum atomic E-state index is -0.752. The van der Waals surface area contributed by atoms with E-state index in [9.17, 15) is 0 Å². The predicted octanol–water partition coefficient (Wildman–Crippen LogP) is 23.5. The Morgan fingerprint density at radius 2 is 0.505 bits per heavy atom. The first-order valence-electron chi connectivity index (χ1n) is 32.0. The second-order valence-corrected chi connectivity index (χ2v) is 26.6. The van der Waals surface area contributed by atoms with E-state index in [-0.39, 0.29) is 0 Å². The van der Waals surface area contributed by atoms with E-state index < -0.39 is 10.8 Å². The van der Waals surface area contributed by atoms with Crippen LogP contribution < -0.4 is 18.9 Å². The van der Waals surface area contributed by atoms with E-state index in [0.717, 1.165) is 117 Å². The number of benzene rings is 14. The number of rotatable bonds is 2. The van der Waals surface area contributed by atoms with Gasteiger partial charge in [-0.05, 0) is 150 Å². The van der Waals surface area contributed by atoms with Gasteiger partial charge in [0.1, 0.15) is 46.0 Å². The number of fused-ring (bicyclic) bond motifs is 25. The molecule has 2 spiro atoms. The number of hydrogen-bond donors (Lipinski definition) is 0. The van der Waals surface area contributed by atoms with Gasteiger partial charge in [-0.25, -0.2) is 0 Å². The summed E-state index contributed by atoms with van der Waals surface area (Å²) in [5.41, 5.74) is 20.0. The van der Waals surface area contributed by atoms with Gasteiger partial charge in [-0.2, -0.15) is 0 Å². The predicted molar refractivity (Wildman–Crippen MR) is 389 cm³/mol. The highest BCUT2D eigenvalue weighted by molar-refractivity contribution is 9.10. The molecule has 0 amide bonds. The summed E-state index contributed by atoms with van der Waals surface area (Å²) in [7, 11) is 0. The lowest BCUT2D eigenvalue weighted by molar-refractivity contribution is 0.398. The molecule has 450 valence electrons. The second kappa shape index (κ2) is 21.7. The van der Waals surface area contributed by atoms with Gasteiger partial charge >= 0.3 is 0 Å². The maximum absolute atomic E-state index is 6.97. The van der Waals surface area contributed by atoms with Gasteiger partial charge < -0.3 is 28.1 Å². The molecule has 0 saturated carbocycles. The van der Waals surface area contributed by atoms with Crippen LogP contribution in [0, 0.1) is 0 Å². The van der Waals surface area contributed by atoms with Crippen molar-refractivity contribution in [3.63, 3.8) is 0 Å². The maximum Gasteiger partial charge on any atom is 0.132 e. The van der Waals surface area contributed by atoms with E-state index in [1.165, 1.54) is 65.9 Å². The molecule has 5 aliphatic rings. The Bertz CT molecular complexity index is 5400. The van der Waals surface area contributed by atoms with Crippen molar-refractivity contribution in [1.82, 2.24) is 9.13 Å². The monoisotopic (exact) mass is 1350 g/mol. The molecule has 0 unspecified atom stereocenters. The van der Waals surface area contributed by atoms with Crippen molar-refractivity contribution in [1.29, 1.82) is 0 Å². The standard InChI is InChI=1S/C49H30N2O2.C25H14Br2O2.C13H10/c1-7-19-41-33(13-1)34-14-2-8-20-42(34)50(41)31-25-27-47-39(29-31)49(37-17-5-11-23-45(37)52-46-24-12-6-18-38(46)49)40-30-32(26-28-48(40)53-47)51-43-21-9-3-15-35(43)36-16-4-10-22-44(36)51;26-15-9-11-23-19(13-15)25(20-14-16(27)10-12-24(20)29-23)17-5-1-3-7-21(17)28-22-8-4-2-6-18(22)25;1-3-7-12-10(5-1)9-11-6-2-4-8-13(11)12/h1-30H;1-14H;1-8H,9H2. The second-order valence-electron chi connectivity index (χ2n) is 24.8. The van der Waals surface area contributed by atoms with Gasteiger partial charge in [0.25, 0.3) is 0 Å². The summed E-state index contributed by atoms with van der Waals surface area (Å²) in [6.45, 7) is 0. The summed E-state index contributed by atoms with van der Waals surface area (Å²) in [5.74, 6) is 6.79. The number of hydrogen-bond acceptors (Lipinski definition) is 4. The average molecular weight is 1350 g/mol. The van der Waals surface area contributed by atoms with Crippen LogP contribution in [-0.2, 0) is 17.3 Å². The molecule has 0 N–H and O–H groups in total. The number of halogens is 2. The first kappa shape index (κ1) is 55.5. The van der Waals surface area contributed by atoms with Crippen LogP contribution in [0.4, 0.5) is 0 Å². The van der Waals surface area contributed by atoms with E-state index in [1.54, 1.807) is 0 Å². The third-order valence-electron chi connectivity index (χ3n) is 19.9. The maximum atomic E-state index is 6.97. The Balaban J connectivity index is 0.000000126. The number of nitrogens with zero attached hydrogens (tertiary/aromatic N) is 2. The molecular weight excluding hydrogens is 1300 g/mol. The molecule has 1 aliphatic carbocycles. The van der Waals surface area contributed by atoms with E-state index in [1.807, 2.05) is 48.5 Å². The molecule has 0 saturated heterocycles. The van der Waals surface area contributed by atoms with Crippen molar-refractivity contribution >= 4 is 75.5 Å². The lowest BCUT2D eigenvalue weighted by atomic mass is 9.62. The molecule has 95 heavy (non-hydrogen) atoms. The van der Waals surface area contributed by atoms with Gasteiger partial charge in [0, 0.05) is 86.4 Å². The number of aromatic nitrogens is 2.